The number of anilines is 2. The number of carboxylic acids is 1. The first kappa shape index (κ1) is 20.9. The van der Waals surface area contributed by atoms with Gasteiger partial charge in [-0.15, -0.1) is 24.8 Å². The van der Waals surface area contributed by atoms with E-state index in [0.29, 0.717) is 22.7 Å². The van der Waals surface area contributed by atoms with Crippen molar-refractivity contribution in [1.29, 1.82) is 0 Å². The van der Waals surface area contributed by atoms with Crippen molar-refractivity contribution in [2.45, 2.75) is 20.0 Å². The lowest BCUT2D eigenvalue weighted by Gasteiger charge is -2.12. The van der Waals surface area contributed by atoms with Crippen LogP contribution in [-0.4, -0.2) is 11.1 Å². The van der Waals surface area contributed by atoms with Gasteiger partial charge in [0.15, 0.2) is 0 Å². The van der Waals surface area contributed by atoms with Crippen LogP contribution < -0.4 is 16.2 Å². The molecule has 126 valence electrons. The largest absolute Gasteiger partial charge is 0.489 e. The molecule has 0 unspecified atom stereocenters. The molecule has 0 radical (unpaired) electrons. The maximum Gasteiger partial charge on any atom is 0.336 e. The number of hydrogen-bond acceptors (Lipinski definition) is 4. The van der Waals surface area contributed by atoms with Crippen LogP contribution in [0.2, 0.25) is 0 Å². The zero-order chi connectivity index (χ0) is 15.4. The third-order valence-corrected chi connectivity index (χ3v) is 3.29. The van der Waals surface area contributed by atoms with Gasteiger partial charge in [0, 0.05) is 11.6 Å². The highest BCUT2D eigenvalue weighted by atomic mass is 35.5. The van der Waals surface area contributed by atoms with Gasteiger partial charge < -0.3 is 21.3 Å². The Labute approximate surface area is 147 Å². The molecule has 5 N–H and O–H groups in total. The molecule has 0 fully saturated rings. The number of aromatic carboxylic acids is 1. The van der Waals surface area contributed by atoms with Crippen molar-refractivity contribution in [2.75, 3.05) is 11.5 Å². The highest BCUT2D eigenvalue weighted by Crippen LogP contribution is 2.28. The Balaban J connectivity index is 0.00000242. The number of halogens is 2. The van der Waals surface area contributed by atoms with Crippen molar-refractivity contribution in [2.24, 2.45) is 0 Å². The molecule has 0 heterocycles. The average molecular weight is 359 g/mol. The monoisotopic (exact) mass is 358 g/mol. The standard InChI is InChI=1S/C16H18N2O3.2ClH/c1-2-10-7-12(8-14(17)15(10)18)21-9-11-5-3-4-6-13(11)16(19)20;;/h3-8H,2,9,17-18H2,1H3,(H,19,20);2*1H. The highest BCUT2D eigenvalue weighted by molar-refractivity contribution is 5.89. The first-order valence-electron chi connectivity index (χ1n) is 6.64. The fourth-order valence-electron chi connectivity index (χ4n) is 2.10. The van der Waals surface area contributed by atoms with Crippen LogP contribution in [0.5, 0.6) is 5.75 Å². The van der Waals surface area contributed by atoms with E-state index in [9.17, 15) is 4.79 Å². The van der Waals surface area contributed by atoms with Gasteiger partial charge in [-0.05, 0) is 24.1 Å². The molecule has 23 heavy (non-hydrogen) atoms. The zero-order valence-corrected chi connectivity index (χ0v) is 14.2. The molecule has 2 rings (SSSR count). The second kappa shape index (κ2) is 9.12. The summed E-state index contributed by atoms with van der Waals surface area (Å²) in [5, 5.41) is 9.13. The summed E-state index contributed by atoms with van der Waals surface area (Å²) in [6, 6.07) is 10.2. The Hall–Kier alpha value is -2.11. The predicted molar refractivity (Wildman–Crippen MR) is 96.9 cm³/mol. The second-order valence-corrected chi connectivity index (χ2v) is 4.69. The second-order valence-electron chi connectivity index (χ2n) is 4.69. The Morgan fingerprint density at radius 2 is 1.78 bits per heavy atom. The van der Waals surface area contributed by atoms with Gasteiger partial charge in [-0.25, -0.2) is 4.79 Å². The smallest absolute Gasteiger partial charge is 0.336 e. The van der Waals surface area contributed by atoms with Gasteiger partial charge in [0.1, 0.15) is 12.4 Å². The van der Waals surface area contributed by atoms with Crippen molar-refractivity contribution < 1.29 is 14.6 Å². The van der Waals surface area contributed by atoms with Crippen molar-refractivity contribution >= 4 is 42.2 Å². The lowest BCUT2D eigenvalue weighted by Crippen LogP contribution is -2.06. The van der Waals surface area contributed by atoms with Crippen molar-refractivity contribution in [3.63, 3.8) is 0 Å². The number of carbonyl (C=O) groups is 1. The van der Waals surface area contributed by atoms with E-state index in [4.69, 9.17) is 21.3 Å². The number of hydrogen-bond donors (Lipinski definition) is 3. The van der Waals surface area contributed by atoms with Crippen LogP contribution in [0.4, 0.5) is 11.4 Å². The van der Waals surface area contributed by atoms with Crippen LogP contribution in [0, 0.1) is 0 Å². The van der Waals surface area contributed by atoms with E-state index >= 15 is 0 Å². The topological polar surface area (TPSA) is 98.6 Å². The fraction of sp³-hybridized carbons (Fsp3) is 0.188. The van der Waals surface area contributed by atoms with Gasteiger partial charge >= 0.3 is 5.97 Å². The van der Waals surface area contributed by atoms with Crippen LogP contribution in [0.15, 0.2) is 36.4 Å². The van der Waals surface area contributed by atoms with Gasteiger partial charge in [-0.2, -0.15) is 0 Å². The summed E-state index contributed by atoms with van der Waals surface area (Å²) in [6.45, 7) is 2.14. The van der Waals surface area contributed by atoms with E-state index in [1.165, 1.54) is 0 Å². The molecule has 0 bridgehead atoms. The molecule has 7 heteroatoms. The third-order valence-electron chi connectivity index (χ3n) is 3.29. The Morgan fingerprint density at radius 3 is 2.39 bits per heavy atom. The van der Waals surface area contributed by atoms with Gasteiger partial charge in [-0.1, -0.05) is 25.1 Å². The van der Waals surface area contributed by atoms with Crippen molar-refractivity contribution in [3.05, 3.63) is 53.1 Å². The molecule has 0 atom stereocenters. The molecule has 0 amide bonds. The minimum absolute atomic E-state index is 0. The first-order chi connectivity index (χ1) is 10.0. The molecular formula is C16H20Cl2N2O3. The maximum atomic E-state index is 11.1. The van der Waals surface area contributed by atoms with Gasteiger partial charge in [0.2, 0.25) is 0 Å². The molecule has 0 saturated carbocycles. The molecule has 2 aromatic rings. The number of rotatable bonds is 5. The van der Waals surface area contributed by atoms with Crippen LogP contribution in [0.3, 0.4) is 0 Å². The lowest BCUT2D eigenvalue weighted by molar-refractivity contribution is 0.0694. The number of ether oxygens (including phenoxy) is 1. The minimum atomic E-state index is -0.972. The number of nitrogen functional groups attached to an aromatic ring is 2. The number of benzene rings is 2. The van der Waals surface area contributed by atoms with Gasteiger partial charge in [0.05, 0.1) is 16.9 Å². The van der Waals surface area contributed by atoms with Crippen molar-refractivity contribution in [3.8, 4) is 5.75 Å². The summed E-state index contributed by atoms with van der Waals surface area (Å²) < 4.78 is 5.66. The average Bonchev–Trinajstić information content (AvgIpc) is 2.48. The minimum Gasteiger partial charge on any atom is -0.489 e. The molecule has 0 spiro atoms. The van der Waals surface area contributed by atoms with Crippen LogP contribution >= 0.6 is 24.8 Å². The number of nitrogens with two attached hydrogens (primary N) is 2. The molecule has 0 aliphatic rings. The summed E-state index contributed by atoms with van der Waals surface area (Å²) in [6.07, 6.45) is 0.749. The summed E-state index contributed by atoms with van der Waals surface area (Å²) in [5.41, 5.74) is 14.5. The van der Waals surface area contributed by atoms with E-state index < -0.39 is 5.97 Å². The molecule has 0 aliphatic carbocycles. The van der Waals surface area contributed by atoms with Crippen molar-refractivity contribution in [1.82, 2.24) is 0 Å². The SMILES string of the molecule is CCc1cc(OCc2ccccc2C(=O)O)cc(N)c1N.Cl.Cl. The zero-order valence-electron chi connectivity index (χ0n) is 12.6. The first-order valence-corrected chi connectivity index (χ1v) is 6.64. The fourth-order valence-corrected chi connectivity index (χ4v) is 2.10. The third kappa shape index (κ3) is 4.94. The van der Waals surface area contributed by atoms with E-state index in [2.05, 4.69) is 0 Å². The summed E-state index contributed by atoms with van der Waals surface area (Å²) >= 11 is 0. The van der Waals surface area contributed by atoms with Gasteiger partial charge in [0.25, 0.3) is 0 Å². The highest BCUT2D eigenvalue weighted by Gasteiger charge is 2.10. The van der Waals surface area contributed by atoms with E-state index in [0.717, 1.165) is 12.0 Å². The Bertz CT molecular complexity index is 678. The normalized spacial score (nSPS) is 9.43. The van der Waals surface area contributed by atoms with Gasteiger partial charge in [-0.3, -0.25) is 0 Å². The lowest BCUT2D eigenvalue weighted by atomic mass is 10.1. The van der Waals surface area contributed by atoms with E-state index in [1.807, 2.05) is 13.0 Å². The molecule has 0 aromatic heterocycles. The predicted octanol–water partition coefficient (Wildman–Crippen LogP) is 3.53. The summed E-state index contributed by atoms with van der Waals surface area (Å²) in [4.78, 5) is 11.1. The summed E-state index contributed by atoms with van der Waals surface area (Å²) in [5.74, 6) is -0.390. The number of carboxylic acid groups (broad SMARTS) is 1. The summed E-state index contributed by atoms with van der Waals surface area (Å²) in [7, 11) is 0. The molecule has 0 aliphatic heterocycles. The van der Waals surface area contributed by atoms with Crippen LogP contribution in [-0.2, 0) is 13.0 Å². The molecule has 2 aromatic carbocycles. The van der Waals surface area contributed by atoms with E-state index in [1.54, 1.807) is 30.3 Å². The number of aryl methyl sites for hydroxylation is 1. The molecule has 0 saturated heterocycles. The Morgan fingerprint density at radius 1 is 1.13 bits per heavy atom. The van der Waals surface area contributed by atoms with Crippen LogP contribution in [0.1, 0.15) is 28.4 Å². The molecule has 5 nitrogen and oxygen atoms in total. The van der Waals surface area contributed by atoms with Crippen LogP contribution in [0.25, 0.3) is 0 Å². The maximum absolute atomic E-state index is 11.1. The quantitative estimate of drug-likeness (QED) is 0.710. The van der Waals surface area contributed by atoms with E-state index in [-0.39, 0.29) is 37.0 Å². The molecular weight excluding hydrogens is 339 g/mol. The Kier molecular flexibility index (Phi) is 8.29.